The minimum atomic E-state index is 0.503. The van der Waals surface area contributed by atoms with E-state index in [1.165, 1.54) is 0 Å². The van der Waals surface area contributed by atoms with Crippen molar-refractivity contribution in [2.75, 3.05) is 0 Å². The molecular formula is C9H8N3S. The Kier molecular flexibility index (Phi) is 1.98. The van der Waals surface area contributed by atoms with Gasteiger partial charge in [-0.1, -0.05) is 18.2 Å². The average Bonchev–Trinajstić information content (AvgIpc) is 2.47. The Morgan fingerprint density at radius 3 is 2.46 bits per heavy atom. The van der Waals surface area contributed by atoms with E-state index in [0.29, 0.717) is 11.0 Å². The highest BCUT2D eigenvalue weighted by Gasteiger charge is 2.04. The van der Waals surface area contributed by atoms with Gasteiger partial charge in [-0.25, -0.2) is 9.67 Å². The summed E-state index contributed by atoms with van der Waals surface area (Å²) in [6.45, 7) is 1.83. The van der Waals surface area contributed by atoms with Gasteiger partial charge in [0.25, 0.3) is 0 Å². The van der Waals surface area contributed by atoms with E-state index in [1.54, 1.807) is 4.68 Å². The molecule has 1 aromatic heterocycles. The van der Waals surface area contributed by atoms with E-state index in [2.05, 4.69) is 10.1 Å². The molecule has 0 saturated heterocycles. The monoisotopic (exact) mass is 190 g/mol. The van der Waals surface area contributed by atoms with E-state index in [-0.39, 0.29) is 0 Å². The molecular weight excluding hydrogens is 182 g/mol. The molecule has 0 aliphatic rings. The Hall–Kier alpha value is -1.42. The fourth-order valence-electron chi connectivity index (χ4n) is 1.13. The molecule has 1 aromatic carbocycles. The molecule has 13 heavy (non-hydrogen) atoms. The maximum absolute atomic E-state index is 5.04. The van der Waals surface area contributed by atoms with Crippen LogP contribution in [0.25, 0.3) is 5.69 Å². The molecule has 2 rings (SSSR count). The van der Waals surface area contributed by atoms with Crippen LogP contribution in [0, 0.1) is 6.92 Å². The Bertz CT molecular complexity index is 408. The largest absolute Gasteiger partial charge is 0.222 e. The first-order chi connectivity index (χ1) is 6.27. The number of hydrogen-bond donors (Lipinski definition) is 0. The van der Waals surface area contributed by atoms with Crippen molar-refractivity contribution in [1.82, 2.24) is 14.8 Å². The zero-order valence-corrected chi connectivity index (χ0v) is 7.95. The fourth-order valence-corrected chi connectivity index (χ4v) is 1.41. The molecule has 1 heterocycles. The van der Waals surface area contributed by atoms with Gasteiger partial charge in [-0.2, -0.15) is 5.10 Å². The highest BCUT2D eigenvalue weighted by Crippen LogP contribution is 2.11. The van der Waals surface area contributed by atoms with E-state index < -0.39 is 0 Å². The Balaban J connectivity index is 2.53. The van der Waals surface area contributed by atoms with Crippen LogP contribution < -0.4 is 0 Å². The molecule has 0 N–H and O–H groups in total. The second kappa shape index (κ2) is 3.14. The second-order valence-electron chi connectivity index (χ2n) is 2.69. The lowest BCUT2D eigenvalue weighted by Crippen LogP contribution is -1.96. The van der Waals surface area contributed by atoms with Crippen molar-refractivity contribution in [3.63, 3.8) is 0 Å². The summed E-state index contributed by atoms with van der Waals surface area (Å²) < 4.78 is 1.66. The summed E-state index contributed by atoms with van der Waals surface area (Å²) in [5.74, 6) is 0.703. The molecule has 0 bridgehead atoms. The van der Waals surface area contributed by atoms with Crippen molar-refractivity contribution in [3.05, 3.63) is 36.2 Å². The van der Waals surface area contributed by atoms with Gasteiger partial charge < -0.3 is 0 Å². The molecule has 3 nitrogen and oxygen atoms in total. The zero-order valence-electron chi connectivity index (χ0n) is 7.14. The van der Waals surface area contributed by atoms with Crippen molar-refractivity contribution in [2.45, 2.75) is 12.1 Å². The van der Waals surface area contributed by atoms with E-state index in [1.807, 2.05) is 37.3 Å². The maximum Gasteiger partial charge on any atom is 0.222 e. The van der Waals surface area contributed by atoms with Crippen LogP contribution in [-0.4, -0.2) is 14.8 Å². The van der Waals surface area contributed by atoms with Gasteiger partial charge in [-0.15, -0.1) is 0 Å². The minimum Gasteiger partial charge on any atom is -0.204 e. The van der Waals surface area contributed by atoms with Crippen molar-refractivity contribution >= 4 is 12.6 Å². The number of aromatic nitrogens is 3. The molecule has 0 aliphatic heterocycles. The van der Waals surface area contributed by atoms with Gasteiger partial charge in [0.1, 0.15) is 5.82 Å². The lowest BCUT2D eigenvalue weighted by atomic mass is 10.3. The van der Waals surface area contributed by atoms with Gasteiger partial charge in [0.05, 0.1) is 5.69 Å². The number of rotatable bonds is 1. The first-order valence-corrected chi connectivity index (χ1v) is 4.34. The number of nitrogens with zero attached hydrogens (tertiary/aromatic N) is 3. The Morgan fingerprint density at radius 1 is 1.23 bits per heavy atom. The van der Waals surface area contributed by atoms with E-state index in [0.717, 1.165) is 5.69 Å². The molecule has 0 unspecified atom stereocenters. The summed E-state index contributed by atoms with van der Waals surface area (Å²) in [5.41, 5.74) is 0.952. The first kappa shape index (κ1) is 8.19. The summed E-state index contributed by atoms with van der Waals surface area (Å²) in [7, 11) is 0. The molecule has 0 fully saturated rings. The summed E-state index contributed by atoms with van der Waals surface area (Å²) in [6.07, 6.45) is 0. The molecule has 0 saturated carbocycles. The number of benzene rings is 1. The molecule has 1 radical (unpaired) electrons. The predicted octanol–water partition coefficient (Wildman–Crippen LogP) is 2.13. The van der Waals surface area contributed by atoms with Crippen molar-refractivity contribution in [1.29, 1.82) is 0 Å². The van der Waals surface area contributed by atoms with Crippen LogP contribution in [0.3, 0.4) is 0 Å². The normalized spacial score (nSPS) is 10.2. The minimum absolute atomic E-state index is 0.503. The van der Waals surface area contributed by atoms with E-state index in [9.17, 15) is 0 Å². The SMILES string of the molecule is Cc1nc([S])n(-c2ccccc2)n1. The van der Waals surface area contributed by atoms with Gasteiger partial charge in [-0.3, -0.25) is 0 Å². The number of hydrogen-bond acceptors (Lipinski definition) is 2. The number of para-hydroxylation sites is 1. The van der Waals surface area contributed by atoms with Crippen LogP contribution in [0.15, 0.2) is 35.5 Å². The average molecular weight is 190 g/mol. The quantitative estimate of drug-likeness (QED) is 0.689. The highest BCUT2D eigenvalue weighted by atomic mass is 32.1. The summed E-state index contributed by atoms with van der Waals surface area (Å²) in [4.78, 5) is 4.05. The summed E-state index contributed by atoms with van der Waals surface area (Å²) >= 11 is 5.04. The van der Waals surface area contributed by atoms with E-state index >= 15 is 0 Å². The van der Waals surface area contributed by atoms with Gasteiger partial charge in [0, 0.05) is 0 Å². The molecule has 2 aromatic rings. The third-order valence-corrected chi connectivity index (χ3v) is 1.95. The zero-order chi connectivity index (χ0) is 9.26. The van der Waals surface area contributed by atoms with Crippen LogP contribution in [0.1, 0.15) is 5.82 Å². The first-order valence-electron chi connectivity index (χ1n) is 3.93. The second-order valence-corrected chi connectivity index (χ2v) is 3.05. The maximum atomic E-state index is 5.04. The fraction of sp³-hybridized carbons (Fsp3) is 0.111. The van der Waals surface area contributed by atoms with Crippen molar-refractivity contribution < 1.29 is 0 Å². The molecule has 0 atom stereocenters. The summed E-state index contributed by atoms with van der Waals surface area (Å²) in [5, 5.41) is 4.69. The predicted molar refractivity (Wildman–Crippen MR) is 52.0 cm³/mol. The Labute approximate surface area is 81.8 Å². The topological polar surface area (TPSA) is 30.7 Å². The van der Waals surface area contributed by atoms with Gasteiger partial charge in [0.15, 0.2) is 0 Å². The van der Waals surface area contributed by atoms with Crippen molar-refractivity contribution in [2.24, 2.45) is 0 Å². The highest BCUT2D eigenvalue weighted by molar-refractivity contribution is 7.80. The third-order valence-electron chi connectivity index (χ3n) is 1.68. The Morgan fingerprint density at radius 2 is 1.92 bits per heavy atom. The third kappa shape index (κ3) is 1.53. The lowest BCUT2D eigenvalue weighted by molar-refractivity contribution is 0.785. The molecule has 0 spiro atoms. The summed E-state index contributed by atoms with van der Waals surface area (Å²) in [6, 6.07) is 9.74. The van der Waals surface area contributed by atoms with E-state index in [4.69, 9.17) is 12.6 Å². The molecule has 4 heteroatoms. The standard InChI is InChI=1S/C9H8N3S/c1-7-10-9(13)12(11-7)8-5-3-2-4-6-8/h2-6H,1H3. The smallest absolute Gasteiger partial charge is 0.204 e. The van der Waals surface area contributed by atoms with Crippen LogP contribution in [0.5, 0.6) is 0 Å². The molecule has 0 amide bonds. The van der Waals surface area contributed by atoms with Crippen LogP contribution in [0.2, 0.25) is 0 Å². The van der Waals surface area contributed by atoms with Gasteiger partial charge in [-0.05, 0) is 31.7 Å². The van der Waals surface area contributed by atoms with Gasteiger partial charge in [0.2, 0.25) is 5.16 Å². The molecule has 0 aliphatic carbocycles. The van der Waals surface area contributed by atoms with Gasteiger partial charge >= 0.3 is 0 Å². The van der Waals surface area contributed by atoms with Crippen LogP contribution in [0.4, 0.5) is 0 Å². The molecule has 65 valence electrons. The van der Waals surface area contributed by atoms with Crippen LogP contribution in [-0.2, 0) is 0 Å². The number of aryl methyl sites for hydroxylation is 1. The van der Waals surface area contributed by atoms with Crippen LogP contribution >= 0.6 is 12.6 Å². The van der Waals surface area contributed by atoms with Crippen molar-refractivity contribution in [3.8, 4) is 5.69 Å². The lowest BCUT2D eigenvalue weighted by Gasteiger charge is -1.99.